The Morgan fingerprint density at radius 2 is 1.91 bits per heavy atom. The maximum absolute atomic E-state index is 11.8. The Kier molecular flexibility index (Phi) is 8.97. The number of carbonyl (C=O) groups excluding carboxylic acids is 2. The zero-order valence-electron chi connectivity index (χ0n) is 13.4. The minimum absolute atomic E-state index is 0.113. The van der Waals surface area contributed by atoms with E-state index in [-0.39, 0.29) is 13.0 Å². The van der Waals surface area contributed by atoms with E-state index in [1.165, 1.54) is 7.11 Å². The van der Waals surface area contributed by atoms with Crippen LogP contribution in [0.2, 0.25) is 0 Å². The molecule has 1 aromatic rings. The Morgan fingerprint density at radius 1 is 1.22 bits per heavy atom. The van der Waals surface area contributed by atoms with Crippen molar-refractivity contribution in [2.45, 2.75) is 32.4 Å². The molecule has 0 aromatic heterocycles. The zero-order valence-corrected chi connectivity index (χ0v) is 14.3. The molecule has 0 aliphatic carbocycles. The second kappa shape index (κ2) is 10.8. The minimum Gasteiger partial charge on any atom is -0.467 e. The van der Waals surface area contributed by atoms with Crippen molar-refractivity contribution < 1.29 is 23.3 Å². The lowest BCUT2D eigenvalue weighted by Crippen LogP contribution is -2.42. The molecule has 23 heavy (non-hydrogen) atoms. The summed E-state index contributed by atoms with van der Waals surface area (Å²) < 4.78 is 21.4. The number of amides is 1. The summed E-state index contributed by atoms with van der Waals surface area (Å²) in [4.78, 5) is 23.5. The van der Waals surface area contributed by atoms with Gasteiger partial charge in [-0.1, -0.05) is 37.3 Å². The maximum atomic E-state index is 11.8. The van der Waals surface area contributed by atoms with Crippen molar-refractivity contribution in [2.75, 3.05) is 18.6 Å². The number of benzene rings is 1. The minimum atomic E-state index is -1.01. The first-order valence-corrected chi connectivity index (χ1v) is 8.95. The fourth-order valence-electron chi connectivity index (χ4n) is 1.88. The Balaban J connectivity index is 2.47. The van der Waals surface area contributed by atoms with Crippen molar-refractivity contribution in [2.24, 2.45) is 0 Å². The molecule has 1 aromatic carbocycles. The van der Waals surface area contributed by atoms with Crippen LogP contribution in [0.4, 0.5) is 4.79 Å². The lowest BCUT2D eigenvalue weighted by molar-refractivity contribution is -0.143. The van der Waals surface area contributed by atoms with Gasteiger partial charge in [0.05, 0.1) is 7.11 Å². The molecular formula is C16H23NO5S. The van der Waals surface area contributed by atoms with Gasteiger partial charge in [-0.2, -0.15) is 0 Å². The number of nitrogens with one attached hydrogen (secondary N) is 1. The van der Waals surface area contributed by atoms with E-state index < -0.39 is 28.9 Å². The fourth-order valence-corrected chi connectivity index (χ4v) is 3.04. The van der Waals surface area contributed by atoms with Crippen molar-refractivity contribution in [3.63, 3.8) is 0 Å². The molecule has 0 aliphatic heterocycles. The molecule has 1 N–H and O–H groups in total. The van der Waals surface area contributed by atoms with Gasteiger partial charge in [-0.3, -0.25) is 4.21 Å². The zero-order chi connectivity index (χ0) is 17.1. The van der Waals surface area contributed by atoms with Crippen LogP contribution in [-0.2, 0) is 31.7 Å². The lowest BCUT2D eigenvalue weighted by atomic mass is 10.2. The van der Waals surface area contributed by atoms with Crippen LogP contribution >= 0.6 is 0 Å². The third kappa shape index (κ3) is 7.78. The average molecular weight is 341 g/mol. The summed E-state index contributed by atoms with van der Waals surface area (Å²) in [7, 11) is 0.238. The molecule has 0 saturated carbocycles. The van der Waals surface area contributed by atoms with Crippen LogP contribution in [0.3, 0.4) is 0 Å². The number of ether oxygens (including phenoxy) is 2. The van der Waals surface area contributed by atoms with Gasteiger partial charge in [0.1, 0.15) is 12.6 Å². The summed E-state index contributed by atoms with van der Waals surface area (Å²) in [5.74, 6) is 0.328. The standard InChI is InChI=1S/C16H23NO5S/c1-3-10-23(20)11-9-14(15(18)21-2)17-16(19)22-12-13-7-5-4-6-8-13/h4-8,14H,3,9-12H2,1-2H3,(H,17,19)/t14-,23?/m0/s1. The molecule has 0 aliphatic rings. The molecule has 6 nitrogen and oxygen atoms in total. The first-order valence-electron chi connectivity index (χ1n) is 7.46. The quantitative estimate of drug-likeness (QED) is 0.695. The number of esters is 1. The van der Waals surface area contributed by atoms with Gasteiger partial charge < -0.3 is 14.8 Å². The Morgan fingerprint density at radius 3 is 2.52 bits per heavy atom. The SMILES string of the molecule is CCCS(=O)CC[C@H](NC(=O)OCc1ccccc1)C(=O)OC. The molecule has 1 rings (SSSR count). The number of alkyl carbamates (subject to hydrolysis) is 1. The highest BCUT2D eigenvalue weighted by atomic mass is 32.2. The van der Waals surface area contributed by atoms with Crippen molar-refractivity contribution in [1.29, 1.82) is 0 Å². The highest BCUT2D eigenvalue weighted by Gasteiger charge is 2.22. The first kappa shape index (κ1) is 19.2. The summed E-state index contributed by atoms with van der Waals surface area (Å²) in [6.45, 7) is 2.05. The number of carbonyl (C=O) groups is 2. The molecule has 2 atom stereocenters. The third-order valence-electron chi connectivity index (χ3n) is 3.06. The topological polar surface area (TPSA) is 81.7 Å². The maximum Gasteiger partial charge on any atom is 0.408 e. The number of methoxy groups -OCH3 is 1. The average Bonchev–Trinajstić information content (AvgIpc) is 2.57. The summed E-state index contributed by atoms with van der Waals surface area (Å²) >= 11 is 0. The van der Waals surface area contributed by atoms with E-state index in [9.17, 15) is 13.8 Å². The van der Waals surface area contributed by atoms with E-state index in [0.29, 0.717) is 11.5 Å². The smallest absolute Gasteiger partial charge is 0.408 e. The monoisotopic (exact) mass is 341 g/mol. The van der Waals surface area contributed by atoms with Crippen molar-refractivity contribution in [3.05, 3.63) is 35.9 Å². The molecule has 0 fully saturated rings. The molecule has 7 heteroatoms. The molecule has 0 radical (unpaired) electrons. The van der Waals surface area contributed by atoms with Crippen LogP contribution in [0, 0.1) is 0 Å². The predicted molar refractivity (Wildman–Crippen MR) is 88.4 cm³/mol. The molecule has 0 heterocycles. The summed E-state index contributed by atoms with van der Waals surface area (Å²) in [6.07, 6.45) is 0.354. The van der Waals surface area contributed by atoms with Gasteiger partial charge in [0.25, 0.3) is 0 Å². The number of hydrogen-bond donors (Lipinski definition) is 1. The highest BCUT2D eigenvalue weighted by Crippen LogP contribution is 2.03. The second-order valence-corrected chi connectivity index (χ2v) is 6.61. The normalized spacial score (nSPS) is 13.0. The van der Waals surface area contributed by atoms with E-state index in [1.807, 2.05) is 37.3 Å². The third-order valence-corrected chi connectivity index (χ3v) is 4.61. The van der Waals surface area contributed by atoms with Gasteiger partial charge >= 0.3 is 12.1 Å². The first-order chi connectivity index (χ1) is 11.1. The van der Waals surface area contributed by atoms with Crippen LogP contribution in [0.5, 0.6) is 0 Å². The van der Waals surface area contributed by atoms with Gasteiger partial charge in [-0.05, 0) is 18.4 Å². The van der Waals surface area contributed by atoms with Crippen molar-refractivity contribution >= 4 is 22.9 Å². The van der Waals surface area contributed by atoms with Gasteiger partial charge in [0.2, 0.25) is 0 Å². The van der Waals surface area contributed by atoms with E-state index in [1.54, 1.807) is 0 Å². The van der Waals surface area contributed by atoms with Crippen LogP contribution in [0.25, 0.3) is 0 Å². The van der Waals surface area contributed by atoms with Crippen LogP contribution in [0.1, 0.15) is 25.3 Å². The molecule has 1 unspecified atom stereocenters. The predicted octanol–water partition coefficient (Wildman–Crippen LogP) is 2.00. The van der Waals surface area contributed by atoms with E-state index in [2.05, 4.69) is 10.1 Å². The molecule has 1 amide bonds. The molecule has 128 valence electrons. The lowest BCUT2D eigenvalue weighted by Gasteiger charge is -2.16. The van der Waals surface area contributed by atoms with Gasteiger partial charge in [0.15, 0.2) is 0 Å². The van der Waals surface area contributed by atoms with E-state index in [0.717, 1.165) is 12.0 Å². The Hall–Kier alpha value is -1.89. The van der Waals surface area contributed by atoms with Gasteiger partial charge in [0, 0.05) is 22.3 Å². The molecule has 0 saturated heterocycles. The highest BCUT2D eigenvalue weighted by molar-refractivity contribution is 7.84. The molecule has 0 spiro atoms. The van der Waals surface area contributed by atoms with Crippen LogP contribution < -0.4 is 5.32 Å². The summed E-state index contributed by atoms with van der Waals surface area (Å²) in [5.41, 5.74) is 0.848. The van der Waals surface area contributed by atoms with Crippen molar-refractivity contribution in [3.8, 4) is 0 Å². The fraction of sp³-hybridized carbons (Fsp3) is 0.500. The van der Waals surface area contributed by atoms with Crippen LogP contribution in [-0.4, -0.2) is 40.9 Å². The van der Waals surface area contributed by atoms with E-state index >= 15 is 0 Å². The largest absolute Gasteiger partial charge is 0.467 e. The van der Waals surface area contributed by atoms with Gasteiger partial charge in [-0.15, -0.1) is 0 Å². The van der Waals surface area contributed by atoms with E-state index in [4.69, 9.17) is 4.74 Å². The number of rotatable bonds is 9. The second-order valence-electron chi connectivity index (χ2n) is 4.92. The van der Waals surface area contributed by atoms with Gasteiger partial charge in [-0.25, -0.2) is 9.59 Å². The molecule has 0 bridgehead atoms. The Labute approximate surface area is 139 Å². The Bertz CT molecular complexity index is 520. The van der Waals surface area contributed by atoms with Crippen LogP contribution in [0.15, 0.2) is 30.3 Å². The van der Waals surface area contributed by atoms with Crippen molar-refractivity contribution in [1.82, 2.24) is 5.32 Å². The summed E-state index contributed by atoms with van der Waals surface area (Å²) in [6, 6.07) is 8.36. The summed E-state index contributed by atoms with van der Waals surface area (Å²) in [5, 5.41) is 2.47. The number of hydrogen-bond acceptors (Lipinski definition) is 5. The molecular weight excluding hydrogens is 318 g/mol.